The lowest BCUT2D eigenvalue weighted by atomic mass is 10.2. The fourth-order valence-electron chi connectivity index (χ4n) is 0.919. The van der Waals surface area contributed by atoms with Crippen molar-refractivity contribution in [3.05, 3.63) is 12.2 Å². The monoisotopic (exact) mass is 186 g/mol. The van der Waals surface area contributed by atoms with Crippen molar-refractivity contribution in [2.24, 2.45) is 0 Å². The average Bonchev–Trinajstić information content (AvgIpc) is 2.07. The number of ketones is 1. The van der Waals surface area contributed by atoms with E-state index in [-0.39, 0.29) is 5.78 Å². The maximum Gasteiger partial charge on any atom is 0.305 e. The van der Waals surface area contributed by atoms with Crippen LogP contribution in [0.25, 0.3) is 0 Å². The van der Waals surface area contributed by atoms with Crippen LogP contribution >= 0.6 is 0 Å². The van der Waals surface area contributed by atoms with E-state index in [1.165, 1.54) is 19.1 Å². The van der Waals surface area contributed by atoms with Gasteiger partial charge in [0.05, 0.1) is 6.61 Å². The zero-order chi connectivity index (χ0) is 9.84. The Bertz CT molecular complexity index is 245. The third-order valence-corrected chi connectivity index (χ3v) is 1.48. The van der Waals surface area contributed by atoms with Crippen molar-refractivity contribution in [1.29, 1.82) is 0 Å². The van der Waals surface area contributed by atoms with Crippen LogP contribution in [0.5, 0.6) is 0 Å². The van der Waals surface area contributed by atoms with Crippen molar-refractivity contribution in [2.45, 2.75) is 19.3 Å². The van der Waals surface area contributed by atoms with E-state index < -0.39 is 25.0 Å². The molecule has 0 saturated heterocycles. The lowest BCUT2D eigenvalue weighted by Gasteiger charge is -2.22. The maximum absolute atomic E-state index is 10.9. The number of carbonyl (C=O) groups is 2. The van der Waals surface area contributed by atoms with E-state index in [0.29, 0.717) is 0 Å². The molecule has 0 saturated carbocycles. The van der Waals surface area contributed by atoms with Crippen molar-refractivity contribution in [1.82, 2.24) is 0 Å². The molecule has 5 nitrogen and oxygen atoms in total. The summed E-state index contributed by atoms with van der Waals surface area (Å²) in [7, 11) is 0. The summed E-state index contributed by atoms with van der Waals surface area (Å²) in [6.45, 7) is 0.822. The van der Waals surface area contributed by atoms with Gasteiger partial charge in [0.25, 0.3) is 0 Å². The van der Waals surface area contributed by atoms with Crippen molar-refractivity contribution in [3.63, 3.8) is 0 Å². The number of ether oxygens (including phenoxy) is 2. The summed E-state index contributed by atoms with van der Waals surface area (Å²) in [4.78, 5) is 21.4. The molecule has 13 heavy (non-hydrogen) atoms. The smallest absolute Gasteiger partial charge is 0.305 e. The Hall–Kier alpha value is -1.20. The molecule has 0 aromatic carbocycles. The van der Waals surface area contributed by atoms with Gasteiger partial charge in [-0.15, -0.1) is 0 Å². The first-order chi connectivity index (χ1) is 6.13. The molecular formula is C8H10O5. The molecule has 1 heterocycles. The fourth-order valence-corrected chi connectivity index (χ4v) is 0.919. The standard InChI is InChI=1S/C8H10O5/c1-5(10)12-8-3-2-6(11)7(4-9)13-8/h2-3,7-9H,4H2,1H3. The van der Waals surface area contributed by atoms with Crippen LogP contribution in [0.4, 0.5) is 0 Å². The average molecular weight is 186 g/mol. The Morgan fingerprint density at radius 2 is 2.46 bits per heavy atom. The molecule has 2 atom stereocenters. The number of aliphatic hydroxyl groups is 1. The molecule has 0 spiro atoms. The molecule has 0 aromatic heterocycles. The second-order valence-corrected chi connectivity index (χ2v) is 2.55. The number of hydrogen-bond donors (Lipinski definition) is 1. The zero-order valence-corrected chi connectivity index (χ0v) is 7.10. The largest absolute Gasteiger partial charge is 0.432 e. The Balaban J connectivity index is 2.57. The Morgan fingerprint density at radius 3 is 3.00 bits per heavy atom. The molecule has 1 aliphatic heterocycles. The molecule has 0 aliphatic carbocycles. The molecule has 0 aromatic rings. The van der Waals surface area contributed by atoms with Crippen molar-refractivity contribution < 1.29 is 24.2 Å². The molecule has 2 unspecified atom stereocenters. The number of aliphatic hydroxyl groups excluding tert-OH is 1. The summed E-state index contributed by atoms with van der Waals surface area (Å²) in [5.74, 6) is -0.827. The molecule has 0 radical (unpaired) electrons. The minimum atomic E-state index is -0.922. The van der Waals surface area contributed by atoms with E-state index in [2.05, 4.69) is 4.74 Å². The van der Waals surface area contributed by atoms with Crippen molar-refractivity contribution >= 4 is 11.8 Å². The third kappa shape index (κ3) is 2.64. The van der Waals surface area contributed by atoms with Gasteiger partial charge in [-0.25, -0.2) is 0 Å². The quantitative estimate of drug-likeness (QED) is 0.582. The van der Waals surface area contributed by atoms with Gasteiger partial charge in [-0.05, 0) is 12.2 Å². The van der Waals surface area contributed by atoms with Crippen molar-refractivity contribution in [2.75, 3.05) is 6.61 Å². The van der Waals surface area contributed by atoms with Gasteiger partial charge >= 0.3 is 5.97 Å². The second-order valence-electron chi connectivity index (χ2n) is 2.55. The van der Waals surface area contributed by atoms with Crippen LogP contribution in [-0.4, -0.2) is 35.9 Å². The minimum Gasteiger partial charge on any atom is -0.432 e. The molecule has 0 bridgehead atoms. The highest BCUT2D eigenvalue weighted by molar-refractivity contribution is 5.94. The predicted molar refractivity (Wildman–Crippen MR) is 41.7 cm³/mol. The Labute approximate surface area is 74.9 Å². The minimum absolute atomic E-state index is 0.328. The second kappa shape index (κ2) is 4.15. The van der Waals surface area contributed by atoms with Crippen LogP contribution in [0, 0.1) is 0 Å². The predicted octanol–water partition coefficient (Wildman–Crippen LogP) is -0.608. The molecular weight excluding hydrogens is 176 g/mol. The number of carbonyl (C=O) groups excluding carboxylic acids is 2. The third-order valence-electron chi connectivity index (χ3n) is 1.48. The molecule has 1 aliphatic rings. The van der Waals surface area contributed by atoms with Crippen molar-refractivity contribution in [3.8, 4) is 0 Å². The first-order valence-corrected chi connectivity index (χ1v) is 3.79. The number of rotatable bonds is 2. The SMILES string of the molecule is CC(=O)OC1C=CC(=O)C(CO)O1. The molecule has 72 valence electrons. The zero-order valence-electron chi connectivity index (χ0n) is 7.10. The first kappa shape index (κ1) is 9.88. The summed E-state index contributed by atoms with van der Waals surface area (Å²) in [5.41, 5.74) is 0. The Kier molecular flexibility index (Phi) is 3.16. The van der Waals surface area contributed by atoms with Gasteiger partial charge in [0.1, 0.15) is 6.10 Å². The summed E-state index contributed by atoms with van der Waals surface area (Å²) < 4.78 is 9.59. The van der Waals surface area contributed by atoms with Crippen LogP contribution in [0.3, 0.4) is 0 Å². The lowest BCUT2D eigenvalue weighted by molar-refractivity contribution is -0.183. The summed E-state index contributed by atoms with van der Waals surface area (Å²) in [6, 6.07) is 0. The first-order valence-electron chi connectivity index (χ1n) is 3.79. The van der Waals surface area contributed by atoms with Gasteiger partial charge in [-0.1, -0.05) is 0 Å². The molecule has 1 N–H and O–H groups in total. The van der Waals surface area contributed by atoms with Crippen LogP contribution in [-0.2, 0) is 19.1 Å². The highest BCUT2D eigenvalue weighted by atomic mass is 16.7. The van der Waals surface area contributed by atoms with Gasteiger partial charge in [0.2, 0.25) is 6.29 Å². The molecule has 1 rings (SSSR count). The van der Waals surface area contributed by atoms with Gasteiger partial charge in [0.15, 0.2) is 5.78 Å². The van der Waals surface area contributed by atoms with Gasteiger partial charge < -0.3 is 14.6 Å². The topological polar surface area (TPSA) is 72.8 Å². The van der Waals surface area contributed by atoms with Gasteiger partial charge in [-0.3, -0.25) is 9.59 Å². The van der Waals surface area contributed by atoms with E-state index >= 15 is 0 Å². The molecule has 5 heteroatoms. The summed E-state index contributed by atoms with van der Waals surface area (Å²) in [5, 5.41) is 8.69. The number of esters is 1. The highest BCUT2D eigenvalue weighted by Gasteiger charge is 2.25. The molecule has 0 fully saturated rings. The van der Waals surface area contributed by atoms with E-state index in [0.717, 1.165) is 0 Å². The summed E-state index contributed by atoms with van der Waals surface area (Å²) >= 11 is 0. The van der Waals surface area contributed by atoms with E-state index in [4.69, 9.17) is 9.84 Å². The fraction of sp³-hybridized carbons (Fsp3) is 0.500. The van der Waals surface area contributed by atoms with Crippen LogP contribution in [0.1, 0.15) is 6.92 Å². The van der Waals surface area contributed by atoms with E-state index in [1.54, 1.807) is 0 Å². The summed E-state index contributed by atoms with van der Waals surface area (Å²) in [6.07, 6.45) is 0.773. The van der Waals surface area contributed by atoms with Crippen LogP contribution in [0.15, 0.2) is 12.2 Å². The number of hydrogen-bond acceptors (Lipinski definition) is 5. The maximum atomic E-state index is 10.9. The lowest BCUT2D eigenvalue weighted by Crippen LogP contribution is -2.36. The molecule has 0 amide bonds. The van der Waals surface area contributed by atoms with Gasteiger partial charge in [-0.2, -0.15) is 0 Å². The Morgan fingerprint density at radius 1 is 1.77 bits per heavy atom. The highest BCUT2D eigenvalue weighted by Crippen LogP contribution is 2.10. The van der Waals surface area contributed by atoms with E-state index in [1.807, 2.05) is 0 Å². The van der Waals surface area contributed by atoms with Crippen LogP contribution < -0.4 is 0 Å². The van der Waals surface area contributed by atoms with Gasteiger partial charge in [0, 0.05) is 6.92 Å². The van der Waals surface area contributed by atoms with E-state index in [9.17, 15) is 9.59 Å². The van der Waals surface area contributed by atoms with Crippen LogP contribution in [0.2, 0.25) is 0 Å². The normalized spacial score (nSPS) is 27.4.